The van der Waals surface area contributed by atoms with E-state index in [-0.39, 0.29) is 0 Å². The molecule has 0 saturated heterocycles. The minimum atomic E-state index is 0.337. The Morgan fingerprint density at radius 3 is 2.88 bits per heavy atom. The summed E-state index contributed by atoms with van der Waals surface area (Å²) in [6, 6.07) is 6.49. The first kappa shape index (κ1) is 11.0. The van der Waals surface area contributed by atoms with Gasteiger partial charge in [0, 0.05) is 18.1 Å². The van der Waals surface area contributed by atoms with Crippen LogP contribution < -0.4 is 10.6 Å². The normalized spacial score (nSPS) is 12.4. The highest BCUT2D eigenvalue weighted by atomic mass is 32.1. The maximum absolute atomic E-state index is 5.73. The third-order valence-electron chi connectivity index (χ3n) is 2.69. The van der Waals surface area contributed by atoms with Crippen molar-refractivity contribution in [1.29, 1.82) is 0 Å². The van der Waals surface area contributed by atoms with Crippen LogP contribution in [0.3, 0.4) is 0 Å². The molecule has 2 aromatic rings. The lowest BCUT2D eigenvalue weighted by Crippen LogP contribution is -2.21. The number of pyridine rings is 1. The van der Waals surface area contributed by atoms with Crippen LogP contribution >= 0.6 is 11.3 Å². The van der Waals surface area contributed by atoms with Gasteiger partial charge in [-0.05, 0) is 24.4 Å². The van der Waals surface area contributed by atoms with E-state index in [4.69, 9.17) is 5.73 Å². The van der Waals surface area contributed by atoms with E-state index in [2.05, 4.69) is 41.4 Å². The summed E-state index contributed by atoms with van der Waals surface area (Å²) in [6.07, 6.45) is 3.49. The van der Waals surface area contributed by atoms with Gasteiger partial charge in [-0.25, -0.2) is 0 Å². The maximum atomic E-state index is 5.73. The first-order chi connectivity index (χ1) is 7.68. The Kier molecular flexibility index (Phi) is 3.10. The van der Waals surface area contributed by atoms with Crippen molar-refractivity contribution < 1.29 is 0 Å². The standard InChI is InChI=1S/C12H15N3S/c1-9(12-4-3-5-16-12)15(2)11-6-10(13)7-14-8-11/h3-9H,13H2,1-2H3. The lowest BCUT2D eigenvalue weighted by Gasteiger charge is -2.26. The highest BCUT2D eigenvalue weighted by Gasteiger charge is 2.13. The van der Waals surface area contributed by atoms with Gasteiger partial charge in [-0.3, -0.25) is 4.98 Å². The van der Waals surface area contributed by atoms with Crippen LogP contribution in [0.15, 0.2) is 36.0 Å². The van der Waals surface area contributed by atoms with Crippen LogP contribution in [-0.2, 0) is 0 Å². The van der Waals surface area contributed by atoms with Gasteiger partial charge >= 0.3 is 0 Å². The Labute approximate surface area is 99.5 Å². The lowest BCUT2D eigenvalue weighted by molar-refractivity contribution is 0.752. The molecule has 3 nitrogen and oxygen atoms in total. The second-order valence-corrected chi connectivity index (χ2v) is 4.76. The summed E-state index contributed by atoms with van der Waals surface area (Å²) in [4.78, 5) is 7.62. The van der Waals surface area contributed by atoms with Gasteiger partial charge in [0.1, 0.15) is 0 Å². The number of nitrogens with zero attached hydrogens (tertiary/aromatic N) is 2. The summed E-state index contributed by atoms with van der Waals surface area (Å²) in [7, 11) is 2.06. The molecule has 0 fully saturated rings. The smallest absolute Gasteiger partial charge is 0.0604 e. The highest BCUT2D eigenvalue weighted by molar-refractivity contribution is 7.10. The van der Waals surface area contributed by atoms with Crippen molar-refractivity contribution >= 4 is 22.7 Å². The van der Waals surface area contributed by atoms with Crippen molar-refractivity contribution in [3.63, 3.8) is 0 Å². The van der Waals surface area contributed by atoms with Crippen LogP contribution in [-0.4, -0.2) is 12.0 Å². The predicted octanol–water partition coefficient (Wildman–Crippen LogP) is 2.92. The molecule has 1 atom stereocenters. The molecule has 0 aliphatic carbocycles. The van der Waals surface area contributed by atoms with Crippen molar-refractivity contribution in [3.05, 3.63) is 40.8 Å². The predicted molar refractivity (Wildman–Crippen MR) is 69.8 cm³/mol. The van der Waals surface area contributed by atoms with Crippen LogP contribution in [0, 0.1) is 0 Å². The summed E-state index contributed by atoms with van der Waals surface area (Å²) in [5.74, 6) is 0. The monoisotopic (exact) mass is 233 g/mol. The number of rotatable bonds is 3. The molecule has 84 valence electrons. The van der Waals surface area contributed by atoms with Crippen LogP contribution in [0.25, 0.3) is 0 Å². The van der Waals surface area contributed by atoms with E-state index in [1.54, 1.807) is 17.5 Å². The zero-order valence-electron chi connectivity index (χ0n) is 9.42. The Hall–Kier alpha value is -1.55. The third-order valence-corrected chi connectivity index (χ3v) is 3.73. The Balaban J connectivity index is 2.22. The fourth-order valence-corrected chi connectivity index (χ4v) is 2.41. The molecule has 1 unspecified atom stereocenters. The molecule has 2 rings (SSSR count). The molecular weight excluding hydrogens is 218 g/mol. The largest absolute Gasteiger partial charge is 0.397 e. The van der Waals surface area contributed by atoms with Gasteiger partial charge in [-0.15, -0.1) is 11.3 Å². The van der Waals surface area contributed by atoms with Crippen LogP contribution in [0.4, 0.5) is 11.4 Å². The molecule has 2 aromatic heterocycles. The lowest BCUT2D eigenvalue weighted by atomic mass is 10.2. The molecule has 0 bridgehead atoms. The molecule has 0 aromatic carbocycles. The van der Waals surface area contributed by atoms with E-state index in [1.807, 2.05) is 12.3 Å². The summed E-state index contributed by atoms with van der Waals surface area (Å²) < 4.78 is 0. The number of hydrogen-bond donors (Lipinski definition) is 1. The van der Waals surface area contributed by atoms with E-state index in [9.17, 15) is 0 Å². The van der Waals surface area contributed by atoms with E-state index >= 15 is 0 Å². The van der Waals surface area contributed by atoms with E-state index < -0.39 is 0 Å². The van der Waals surface area contributed by atoms with E-state index in [1.165, 1.54) is 4.88 Å². The Morgan fingerprint density at radius 1 is 1.44 bits per heavy atom. The zero-order valence-corrected chi connectivity index (χ0v) is 10.2. The van der Waals surface area contributed by atoms with Gasteiger partial charge in [0.15, 0.2) is 0 Å². The highest BCUT2D eigenvalue weighted by Crippen LogP contribution is 2.28. The second kappa shape index (κ2) is 4.53. The average Bonchev–Trinajstić information content (AvgIpc) is 2.80. The Bertz CT molecular complexity index is 453. The van der Waals surface area contributed by atoms with Crippen LogP contribution in [0.2, 0.25) is 0 Å². The van der Waals surface area contributed by atoms with E-state index in [0.29, 0.717) is 11.7 Å². The molecule has 16 heavy (non-hydrogen) atoms. The molecular formula is C12H15N3S. The molecule has 2 N–H and O–H groups in total. The molecule has 0 spiro atoms. The quantitative estimate of drug-likeness (QED) is 0.886. The summed E-state index contributed by atoms with van der Waals surface area (Å²) >= 11 is 1.76. The first-order valence-corrected chi connectivity index (χ1v) is 6.03. The molecule has 0 aliphatic rings. The summed E-state index contributed by atoms with van der Waals surface area (Å²) in [6.45, 7) is 2.18. The van der Waals surface area contributed by atoms with Gasteiger partial charge < -0.3 is 10.6 Å². The zero-order chi connectivity index (χ0) is 11.5. The minimum absolute atomic E-state index is 0.337. The average molecular weight is 233 g/mol. The number of thiophene rings is 1. The minimum Gasteiger partial charge on any atom is -0.397 e. The summed E-state index contributed by atoms with van der Waals surface area (Å²) in [5, 5.41) is 2.09. The number of nitrogen functional groups attached to an aromatic ring is 1. The van der Waals surface area contributed by atoms with Gasteiger partial charge in [-0.2, -0.15) is 0 Å². The van der Waals surface area contributed by atoms with Crippen molar-refractivity contribution in [2.45, 2.75) is 13.0 Å². The first-order valence-electron chi connectivity index (χ1n) is 5.15. The molecule has 0 aliphatic heterocycles. The number of nitrogens with two attached hydrogens (primary N) is 1. The fourth-order valence-electron chi connectivity index (χ4n) is 1.58. The fraction of sp³-hybridized carbons (Fsp3) is 0.250. The SMILES string of the molecule is CC(c1cccs1)N(C)c1cncc(N)c1. The Morgan fingerprint density at radius 2 is 2.25 bits per heavy atom. The summed E-state index contributed by atoms with van der Waals surface area (Å²) in [5.41, 5.74) is 7.47. The maximum Gasteiger partial charge on any atom is 0.0604 e. The van der Waals surface area contributed by atoms with Crippen molar-refractivity contribution in [3.8, 4) is 0 Å². The van der Waals surface area contributed by atoms with Crippen LogP contribution in [0.5, 0.6) is 0 Å². The topological polar surface area (TPSA) is 42.2 Å². The number of aromatic nitrogens is 1. The molecule has 0 saturated carbocycles. The van der Waals surface area contributed by atoms with Crippen LogP contribution in [0.1, 0.15) is 17.8 Å². The molecule has 4 heteroatoms. The van der Waals surface area contributed by atoms with Gasteiger partial charge in [-0.1, -0.05) is 6.07 Å². The molecule has 2 heterocycles. The molecule has 0 amide bonds. The van der Waals surface area contributed by atoms with Crippen molar-refractivity contribution in [2.24, 2.45) is 0 Å². The van der Waals surface area contributed by atoms with E-state index in [0.717, 1.165) is 5.69 Å². The van der Waals surface area contributed by atoms with Crippen molar-refractivity contribution in [1.82, 2.24) is 4.98 Å². The number of anilines is 2. The van der Waals surface area contributed by atoms with Gasteiger partial charge in [0.2, 0.25) is 0 Å². The molecule has 0 radical (unpaired) electrons. The van der Waals surface area contributed by atoms with Gasteiger partial charge in [0.05, 0.1) is 23.6 Å². The van der Waals surface area contributed by atoms with Crippen molar-refractivity contribution in [2.75, 3.05) is 17.7 Å². The second-order valence-electron chi connectivity index (χ2n) is 3.78. The third kappa shape index (κ3) is 2.17. The number of hydrogen-bond acceptors (Lipinski definition) is 4. The van der Waals surface area contributed by atoms with Gasteiger partial charge in [0.25, 0.3) is 0 Å².